The summed E-state index contributed by atoms with van der Waals surface area (Å²) in [6.45, 7) is 6.81. The van der Waals surface area contributed by atoms with Crippen molar-refractivity contribution >= 4 is 0 Å². The number of ether oxygens (including phenoxy) is 1. The molecular weight excluding hydrogens is 138 g/mol. The predicted octanol–water partition coefficient (Wildman–Crippen LogP) is 1.51. The van der Waals surface area contributed by atoms with Gasteiger partial charge in [0, 0.05) is 13.2 Å². The molecule has 1 heterocycles. The van der Waals surface area contributed by atoms with Gasteiger partial charge in [0.1, 0.15) is 0 Å². The first-order chi connectivity index (χ1) is 5.29. The number of rotatable bonds is 3. The fourth-order valence-electron chi connectivity index (χ4n) is 1.93. The Labute approximate surface area is 69.5 Å². The van der Waals surface area contributed by atoms with Gasteiger partial charge in [0.15, 0.2) is 0 Å². The molecule has 2 nitrogen and oxygen atoms in total. The minimum Gasteiger partial charge on any atom is -0.380 e. The van der Waals surface area contributed by atoms with E-state index in [1.807, 2.05) is 0 Å². The summed E-state index contributed by atoms with van der Waals surface area (Å²) < 4.78 is 5.32. The number of nitrogens with zero attached hydrogens (tertiary/aromatic N) is 1. The molecule has 0 amide bonds. The van der Waals surface area contributed by atoms with Gasteiger partial charge >= 0.3 is 0 Å². The largest absolute Gasteiger partial charge is 0.380 e. The Kier molecular flexibility index (Phi) is 3.34. The van der Waals surface area contributed by atoms with Crippen LogP contribution >= 0.6 is 0 Å². The van der Waals surface area contributed by atoms with Crippen LogP contribution in [0.3, 0.4) is 0 Å². The lowest BCUT2D eigenvalue weighted by molar-refractivity contribution is 0.0459. The van der Waals surface area contributed by atoms with E-state index in [1.54, 1.807) is 7.11 Å². The Morgan fingerprint density at radius 2 is 2.36 bits per heavy atom. The Hall–Kier alpha value is -0.0800. The molecule has 0 spiro atoms. The van der Waals surface area contributed by atoms with Crippen LogP contribution in [0.2, 0.25) is 0 Å². The standard InChI is InChI=1S/C9H19NO/c1-4-10-7-5-6-9(10)8(2)11-3/h8-9H,4-7H2,1-3H3/t8?,9-/m1/s1. The first-order valence-corrected chi connectivity index (χ1v) is 4.56. The van der Waals surface area contributed by atoms with Crippen molar-refractivity contribution in [3.05, 3.63) is 0 Å². The molecule has 1 aliphatic heterocycles. The molecule has 1 aliphatic rings. The van der Waals surface area contributed by atoms with Gasteiger partial charge in [-0.15, -0.1) is 0 Å². The van der Waals surface area contributed by atoms with E-state index in [4.69, 9.17) is 4.74 Å². The first-order valence-electron chi connectivity index (χ1n) is 4.56. The average molecular weight is 157 g/mol. The Balaban J connectivity index is 2.42. The number of likely N-dealkylation sites (N-methyl/N-ethyl adjacent to an activating group) is 1. The molecule has 0 aliphatic carbocycles. The van der Waals surface area contributed by atoms with Crippen LogP contribution in [-0.4, -0.2) is 37.2 Å². The van der Waals surface area contributed by atoms with Gasteiger partial charge in [0.05, 0.1) is 6.10 Å². The topological polar surface area (TPSA) is 12.5 Å². The highest BCUT2D eigenvalue weighted by Gasteiger charge is 2.27. The minimum atomic E-state index is 0.400. The SMILES string of the molecule is CCN1CCC[C@@H]1C(C)OC. The van der Waals surface area contributed by atoms with Crippen LogP contribution in [0.4, 0.5) is 0 Å². The van der Waals surface area contributed by atoms with Crippen molar-refractivity contribution in [2.45, 2.75) is 38.8 Å². The Bertz CT molecular complexity index is 116. The molecule has 1 fully saturated rings. The van der Waals surface area contributed by atoms with E-state index in [0.29, 0.717) is 12.1 Å². The number of likely N-dealkylation sites (tertiary alicyclic amines) is 1. The van der Waals surface area contributed by atoms with E-state index >= 15 is 0 Å². The van der Waals surface area contributed by atoms with Gasteiger partial charge in [0.25, 0.3) is 0 Å². The summed E-state index contributed by atoms with van der Waals surface area (Å²) in [6, 6.07) is 0.671. The first kappa shape index (κ1) is 9.01. The van der Waals surface area contributed by atoms with E-state index in [9.17, 15) is 0 Å². The molecule has 0 saturated carbocycles. The van der Waals surface area contributed by atoms with Gasteiger partial charge in [0.2, 0.25) is 0 Å². The molecule has 0 aromatic heterocycles. The Morgan fingerprint density at radius 3 is 2.91 bits per heavy atom. The van der Waals surface area contributed by atoms with Crippen LogP contribution in [0.5, 0.6) is 0 Å². The van der Waals surface area contributed by atoms with Gasteiger partial charge < -0.3 is 4.74 Å². The maximum Gasteiger partial charge on any atom is 0.0698 e. The van der Waals surface area contributed by atoms with Crippen LogP contribution in [0, 0.1) is 0 Å². The van der Waals surface area contributed by atoms with Gasteiger partial charge in [-0.2, -0.15) is 0 Å². The summed E-state index contributed by atoms with van der Waals surface area (Å²) >= 11 is 0. The molecule has 0 radical (unpaired) electrons. The molecule has 1 rings (SSSR count). The molecule has 1 unspecified atom stereocenters. The minimum absolute atomic E-state index is 0.400. The zero-order chi connectivity index (χ0) is 8.27. The van der Waals surface area contributed by atoms with Crippen LogP contribution in [0.25, 0.3) is 0 Å². The smallest absolute Gasteiger partial charge is 0.0698 e. The van der Waals surface area contributed by atoms with Crippen molar-refractivity contribution in [1.29, 1.82) is 0 Å². The number of hydrogen-bond donors (Lipinski definition) is 0. The van der Waals surface area contributed by atoms with Crippen LogP contribution in [0.1, 0.15) is 26.7 Å². The second kappa shape index (κ2) is 4.07. The quantitative estimate of drug-likeness (QED) is 0.615. The third-order valence-corrected chi connectivity index (χ3v) is 2.73. The van der Waals surface area contributed by atoms with Gasteiger partial charge in [-0.3, -0.25) is 4.90 Å². The van der Waals surface area contributed by atoms with Crippen LogP contribution in [-0.2, 0) is 4.74 Å². The zero-order valence-electron chi connectivity index (χ0n) is 7.84. The Morgan fingerprint density at radius 1 is 1.64 bits per heavy atom. The van der Waals surface area contributed by atoms with Crippen LogP contribution in [0.15, 0.2) is 0 Å². The van der Waals surface area contributed by atoms with Crippen molar-refractivity contribution in [2.24, 2.45) is 0 Å². The van der Waals surface area contributed by atoms with Crippen LogP contribution < -0.4 is 0 Å². The highest BCUT2D eigenvalue weighted by atomic mass is 16.5. The third kappa shape index (κ3) is 1.94. The molecule has 2 atom stereocenters. The lowest BCUT2D eigenvalue weighted by Gasteiger charge is -2.27. The molecule has 66 valence electrons. The van der Waals surface area contributed by atoms with E-state index in [0.717, 1.165) is 0 Å². The highest BCUT2D eigenvalue weighted by molar-refractivity contribution is 4.82. The second-order valence-electron chi connectivity index (χ2n) is 3.28. The summed E-state index contributed by atoms with van der Waals surface area (Å²) in [7, 11) is 1.80. The van der Waals surface area contributed by atoms with E-state index in [1.165, 1.54) is 25.9 Å². The van der Waals surface area contributed by atoms with Gasteiger partial charge in [-0.1, -0.05) is 6.92 Å². The monoisotopic (exact) mass is 157 g/mol. The molecule has 1 saturated heterocycles. The molecule has 0 N–H and O–H groups in total. The van der Waals surface area contributed by atoms with Gasteiger partial charge in [-0.25, -0.2) is 0 Å². The summed E-state index contributed by atoms with van der Waals surface area (Å²) in [5.41, 5.74) is 0. The summed E-state index contributed by atoms with van der Waals surface area (Å²) in [6.07, 6.45) is 3.05. The molecule has 0 aromatic rings. The van der Waals surface area contributed by atoms with Crippen molar-refractivity contribution in [2.75, 3.05) is 20.2 Å². The maximum absolute atomic E-state index is 5.32. The zero-order valence-corrected chi connectivity index (χ0v) is 7.84. The summed E-state index contributed by atoms with van der Waals surface area (Å²) in [5.74, 6) is 0. The predicted molar refractivity (Wildman–Crippen MR) is 46.7 cm³/mol. The van der Waals surface area contributed by atoms with Crippen molar-refractivity contribution in [3.8, 4) is 0 Å². The molecule has 0 bridgehead atoms. The maximum atomic E-state index is 5.32. The number of hydrogen-bond acceptors (Lipinski definition) is 2. The fourth-order valence-corrected chi connectivity index (χ4v) is 1.93. The summed E-state index contributed by atoms with van der Waals surface area (Å²) in [4.78, 5) is 2.51. The third-order valence-electron chi connectivity index (χ3n) is 2.73. The van der Waals surface area contributed by atoms with E-state index < -0.39 is 0 Å². The normalized spacial score (nSPS) is 29.2. The highest BCUT2D eigenvalue weighted by Crippen LogP contribution is 2.20. The number of methoxy groups -OCH3 is 1. The molecule has 11 heavy (non-hydrogen) atoms. The fraction of sp³-hybridized carbons (Fsp3) is 1.00. The summed E-state index contributed by atoms with van der Waals surface area (Å²) in [5, 5.41) is 0. The lowest BCUT2D eigenvalue weighted by Crippen LogP contribution is -2.38. The second-order valence-corrected chi connectivity index (χ2v) is 3.28. The molecule has 2 heteroatoms. The lowest BCUT2D eigenvalue weighted by atomic mass is 10.1. The van der Waals surface area contributed by atoms with Crippen molar-refractivity contribution in [1.82, 2.24) is 4.90 Å². The van der Waals surface area contributed by atoms with Gasteiger partial charge in [-0.05, 0) is 32.9 Å². The average Bonchev–Trinajstić information content (AvgIpc) is 2.50. The molecule has 0 aromatic carbocycles. The van der Waals surface area contributed by atoms with Crippen molar-refractivity contribution < 1.29 is 4.74 Å². The molecular formula is C9H19NO. The van der Waals surface area contributed by atoms with E-state index in [-0.39, 0.29) is 0 Å². The van der Waals surface area contributed by atoms with Crippen molar-refractivity contribution in [3.63, 3.8) is 0 Å². The van der Waals surface area contributed by atoms with E-state index in [2.05, 4.69) is 18.7 Å².